The molecule has 0 spiro atoms. The lowest BCUT2D eigenvalue weighted by molar-refractivity contribution is -0.00901. The van der Waals surface area contributed by atoms with Crippen molar-refractivity contribution in [3.05, 3.63) is 35.4 Å². The van der Waals surface area contributed by atoms with E-state index in [9.17, 15) is 0 Å². The van der Waals surface area contributed by atoms with Crippen LogP contribution in [0.25, 0.3) is 0 Å². The van der Waals surface area contributed by atoms with Crippen LogP contribution < -0.4 is 0 Å². The summed E-state index contributed by atoms with van der Waals surface area (Å²) in [6.07, 6.45) is 11.6. The Morgan fingerprint density at radius 3 is 2.14 bits per heavy atom. The van der Waals surface area contributed by atoms with Crippen molar-refractivity contribution in [2.24, 2.45) is 11.8 Å². The highest BCUT2D eigenvalue weighted by Gasteiger charge is 2.24. The summed E-state index contributed by atoms with van der Waals surface area (Å²) in [6, 6.07) is 9.23. The van der Waals surface area contributed by atoms with Crippen molar-refractivity contribution in [3.63, 3.8) is 0 Å². The first-order valence-corrected chi connectivity index (χ1v) is 9.39. The van der Waals surface area contributed by atoms with Gasteiger partial charge in [0, 0.05) is 6.61 Å². The molecule has 2 aliphatic rings. The molecule has 2 unspecified atom stereocenters. The second-order valence-corrected chi connectivity index (χ2v) is 7.79. The van der Waals surface area contributed by atoms with E-state index in [1.165, 1.54) is 56.9 Å². The quantitative estimate of drug-likeness (QED) is 0.676. The standard InChI is InChI=1S/C21H32O/c1-16-3-11-20(12-4-16)21-13-9-18(10-14-21)7-8-19-6-5-17(2)22-15-19/h3-4,11-12,17-19,21H,5-10,13-15H2,1-2H3. The van der Waals surface area contributed by atoms with E-state index in [1.54, 1.807) is 5.56 Å². The maximum absolute atomic E-state index is 5.81. The van der Waals surface area contributed by atoms with Gasteiger partial charge in [0.2, 0.25) is 0 Å². The molecule has 3 rings (SSSR count). The smallest absolute Gasteiger partial charge is 0.0547 e. The molecule has 1 saturated heterocycles. The SMILES string of the molecule is Cc1ccc(C2CCC(CCC3CCC(C)OC3)CC2)cc1. The van der Waals surface area contributed by atoms with E-state index < -0.39 is 0 Å². The molecule has 2 atom stereocenters. The molecule has 0 bridgehead atoms. The Balaban J connectivity index is 1.39. The second kappa shape index (κ2) is 7.64. The van der Waals surface area contributed by atoms with Crippen LogP contribution in [0.3, 0.4) is 0 Å². The Morgan fingerprint density at radius 2 is 1.50 bits per heavy atom. The first-order valence-electron chi connectivity index (χ1n) is 9.39. The summed E-state index contributed by atoms with van der Waals surface area (Å²) in [7, 11) is 0. The van der Waals surface area contributed by atoms with Gasteiger partial charge in [-0.05, 0) is 82.1 Å². The molecule has 0 radical (unpaired) electrons. The van der Waals surface area contributed by atoms with Crippen LogP contribution in [-0.4, -0.2) is 12.7 Å². The molecule has 0 N–H and O–H groups in total. The third-order valence-corrected chi connectivity index (χ3v) is 5.98. The monoisotopic (exact) mass is 300 g/mol. The van der Waals surface area contributed by atoms with E-state index in [2.05, 4.69) is 38.1 Å². The Kier molecular flexibility index (Phi) is 5.57. The maximum atomic E-state index is 5.81. The van der Waals surface area contributed by atoms with Gasteiger partial charge in [0.05, 0.1) is 6.10 Å². The molecule has 0 aromatic heterocycles. The maximum Gasteiger partial charge on any atom is 0.0547 e. The average Bonchev–Trinajstić information content (AvgIpc) is 2.56. The summed E-state index contributed by atoms with van der Waals surface area (Å²) < 4.78 is 5.81. The summed E-state index contributed by atoms with van der Waals surface area (Å²) in [6.45, 7) is 5.40. The van der Waals surface area contributed by atoms with Gasteiger partial charge in [-0.15, -0.1) is 0 Å². The van der Waals surface area contributed by atoms with E-state index in [1.807, 2.05) is 0 Å². The molecule has 1 aromatic rings. The number of aryl methyl sites for hydroxylation is 1. The largest absolute Gasteiger partial charge is 0.378 e. The van der Waals surface area contributed by atoms with Gasteiger partial charge in [0.25, 0.3) is 0 Å². The van der Waals surface area contributed by atoms with E-state index in [-0.39, 0.29) is 0 Å². The highest BCUT2D eigenvalue weighted by Crippen LogP contribution is 2.38. The minimum absolute atomic E-state index is 0.501. The Labute approximate surface area is 136 Å². The molecule has 1 nitrogen and oxygen atoms in total. The molecular formula is C21H32O. The average molecular weight is 300 g/mol. The van der Waals surface area contributed by atoms with Gasteiger partial charge in [0.1, 0.15) is 0 Å². The molecule has 2 fully saturated rings. The van der Waals surface area contributed by atoms with Crippen molar-refractivity contribution < 1.29 is 4.74 Å². The number of benzene rings is 1. The predicted molar refractivity (Wildman–Crippen MR) is 93.3 cm³/mol. The number of hydrogen-bond donors (Lipinski definition) is 0. The second-order valence-electron chi connectivity index (χ2n) is 7.79. The molecule has 1 aliphatic heterocycles. The summed E-state index contributed by atoms with van der Waals surface area (Å²) in [5, 5.41) is 0. The number of ether oxygens (including phenoxy) is 1. The van der Waals surface area contributed by atoms with Crippen LogP contribution in [-0.2, 0) is 4.74 Å². The van der Waals surface area contributed by atoms with Crippen molar-refractivity contribution in [1.29, 1.82) is 0 Å². The van der Waals surface area contributed by atoms with Gasteiger partial charge >= 0.3 is 0 Å². The van der Waals surface area contributed by atoms with E-state index in [0.29, 0.717) is 6.10 Å². The third kappa shape index (κ3) is 4.35. The molecule has 122 valence electrons. The normalized spacial score (nSPS) is 32.8. The summed E-state index contributed by atoms with van der Waals surface area (Å²) in [5.41, 5.74) is 2.94. The topological polar surface area (TPSA) is 9.23 Å². The first kappa shape index (κ1) is 16.1. The molecule has 1 heterocycles. The van der Waals surface area contributed by atoms with Gasteiger partial charge in [-0.2, -0.15) is 0 Å². The zero-order valence-electron chi connectivity index (χ0n) is 14.4. The first-order chi connectivity index (χ1) is 10.7. The fraction of sp³-hybridized carbons (Fsp3) is 0.714. The van der Waals surface area contributed by atoms with Crippen LogP contribution in [0.5, 0.6) is 0 Å². The summed E-state index contributed by atoms with van der Waals surface area (Å²) in [4.78, 5) is 0. The van der Waals surface area contributed by atoms with Gasteiger partial charge in [0.15, 0.2) is 0 Å². The molecule has 1 saturated carbocycles. The lowest BCUT2D eigenvalue weighted by Crippen LogP contribution is -2.24. The predicted octanol–water partition coefficient (Wildman–Crippen LogP) is 5.86. The lowest BCUT2D eigenvalue weighted by Gasteiger charge is -2.31. The van der Waals surface area contributed by atoms with Crippen LogP contribution in [0.1, 0.15) is 75.3 Å². The molecule has 1 aromatic carbocycles. The van der Waals surface area contributed by atoms with Gasteiger partial charge in [-0.3, -0.25) is 0 Å². The minimum Gasteiger partial charge on any atom is -0.378 e. The van der Waals surface area contributed by atoms with Crippen LogP contribution in [0.4, 0.5) is 0 Å². The molecule has 0 amide bonds. The Hall–Kier alpha value is -0.820. The third-order valence-electron chi connectivity index (χ3n) is 5.98. The van der Waals surface area contributed by atoms with Gasteiger partial charge in [-0.1, -0.05) is 36.2 Å². The lowest BCUT2D eigenvalue weighted by atomic mass is 9.76. The van der Waals surface area contributed by atoms with Crippen LogP contribution >= 0.6 is 0 Å². The summed E-state index contributed by atoms with van der Waals surface area (Å²) >= 11 is 0. The van der Waals surface area contributed by atoms with Crippen molar-refractivity contribution in [2.45, 2.75) is 77.2 Å². The van der Waals surface area contributed by atoms with Gasteiger partial charge < -0.3 is 4.74 Å². The van der Waals surface area contributed by atoms with Crippen molar-refractivity contribution >= 4 is 0 Å². The Bertz CT molecular complexity index is 433. The summed E-state index contributed by atoms with van der Waals surface area (Å²) in [5.74, 6) is 2.63. The molecular weight excluding hydrogens is 268 g/mol. The zero-order chi connectivity index (χ0) is 15.4. The van der Waals surface area contributed by atoms with E-state index >= 15 is 0 Å². The highest BCUT2D eigenvalue weighted by atomic mass is 16.5. The van der Waals surface area contributed by atoms with Crippen molar-refractivity contribution in [3.8, 4) is 0 Å². The zero-order valence-corrected chi connectivity index (χ0v) is 14.4. The molecule has 1 aliphatic carbocycles. The van der Waals surface area contributed by atoms with E-state index in [0.717, 1.165) is 24.4 Å². The fourth-order valence-electron chi connectivity index (χ4n) is 4.26. The van der Waals surface area contributed by atoms with Crippen LogP contribution in [0.2, 0.25) is 0 Å². The van der Waals surface area contributed by atoms with E-state index in [4.69, 9.17) is 4.74 Å². The van der Waals surface area contributed by atoms with Crippen LogP contribution in [0.15, 0.2) is 24.3 Å². The van der Waals surface area contributed by atoms with Crippen molar-refractivity contribution in [2.75, 3.05) is 6.61 Å². The molecule has 22 heavy (non-hydrogen) atoms. The van der Waals surface area contributed by atoms with Crippen LogP contribution in [0, 0.1) is 18.8 Å². The minimum atomic E-state index is 0.501. The highest BCUT2D eigenvalue weighted by molar-refractivity contribution is 5.24. The van der Waals surface area contributed by atoms with Gasteiger partial charge in [-0.25, -0.2) is 0 Å². The number of rotatable bonds is 4. The fourth-order valence-corrected chi connectivity index (χ4v) is 4.26. The number of hydrogen-bond acceptors (Lipinski definition) is 1. The molecule has 1 heteroatoms. The van der Waals surface area contributed by atoms with Crippen molar-refractivity contribution in [1.82, 2.24) is 0 Å². The Morgan fingerprint density at radius 1 is 0.864 bits per heavy atom.